The molecular formula is C10H20Si. The van der Waals surface area contributed by atoms with Gasteiger partial charge in [0.15, 0.2) is 0 Å². The number of allylic oxidation sites excluding steroid dienone is 2. The summed E-state index contributed by atoms with van der Waals surface area (Å²) in [4.78, 5) is 0. The SMILES string of the molecule is C1=C2CCC(C1)C2.C[SiH](C)C. The van der Waals surface area contributed by atoms with E-state index < -0.39 is 0 Å². The number of hydrogen-bond acceptors (Lipinski definition) is 0. The van der Waals surface area contributed by atoms with Crippen LogP contribution in [-0.2, 0) is 0 Å². The maximum absolute atomic E-state index is 2.42. The van der Waals surface area contributed by atoms with Crippen LogP contribution in [0.2, 0.25) is 19.6 Å². The monoisotopic (exact) mass is 168 g/mol. The Kier molecular flexibility index (Phi) is 3.37. The van der Waals surface area contributed by atoms with Crippen LogP contribution in [0.25, 0.3) is 0 Å². The predicted octanol–water partition coefficient (Wildman–Crippen LogP) is 3.22. The topological polar surface area (TPSA) is 0 Å². The molecule has 11 heavy (non-hydrogen) atoms. The van der Waals surface area contributed by atoms with Crippen molar-refractivity contribution in [2.75, 3.05) is 0 Å². The zero-order valence-electron chi connectivity index (χ0n) is 8.06. The van der Waals surface area contributed by atoms with Gasteiger partial charge in [-0.3, -0.25) is 0 Å². The van der Waals surface area contributed by atoms with Gasteiger partial charge >= 0.3 is 0 Å². The Morgan fingerprint density at radius 3 is 2.09 bits per heavy atom. The van der Waals surface area contributed by atoms with Crippen molar-refractivity contribution in [2.45, 2.75) is 45.3 Å². The van der Waals surface area contributed by atoms with E-state index in [1.165, 1.54) is 25.7 Å². The largest absolute Gasteiger partial charge is 0.0850 e. The van der Waals surface area contributed by atoms with Gasteiger partial charge in [0.05, 0.1) is 0 Å². The Morgan fingerprint density at radius 1 is 1.36 bits per heavy atom. The molecule has 64 valence electrons. The standard InChI is InChI=1S/C7H10.C3H10Si/c1-2-7-4-3-6(1)5-7;1-4(2)3/h1,7H,2-5H2;4H,1-3H3. The Bertz CT molecular complexity index is 144. The van der Waals surface area contributed by atoms with Crippen molar-refractivity contribution in [1.82, 2.24) is 0 Å². The van der Waals surface area contributed by atoms with E-state index in [-0.39, 0.29) is 8.80 Å². The Labute approximate surface area is 72.3 Å². The van der Waals surface area contributed by atoms with Gasteiger partial charge in [-0.05, 0) is 31.6 Å². The second-order valence-corrected chi connectivity index (χ2v) is 7.90. The second-order valence-electron chi connectivity index (χ2n) is 4.44. The Hall–Kier alpha value is -0.0431. The summed E-state index contributed by atoms with van der Waals surface area (Å²) in [6.07, 6.45) is 8.18. The minimum absolute atomic E-state index is 0.139. The van der Waals surface area contributed by atoms with Gasteiger partial charge in [-0.25, -0.2) is 0 Å². The molecule has 0 nitrogen and oxygen atoms in total. The molecular weight excluding hydrogens is 148 g/mol. The molecule has 1 fully saturated rings. The summed E-state index contributed by atoms with van der Waals surface area (Å²) >= 11 is 0. The fourth-order valence-corrected chi connectivity index (χ4v) is 1.68. The van der Waals surface area contributed by atoms with Crippen molar-refractivity contribution >= 4 is 8.80 Å². The molecule has 0 heterocycles. The third-order valence-electron chi connectivity index (χ3n) is 2.16. The first kappa shape index (κ1) is 9.05. The zero-order valence-corrected chi connectivity index (χ0v) is 9.22. The van der Waals surface area contributed by atoms with Crippen LogP contribution < -0.4 is 0 Å². The van der Waals surface area contributed by atoms with Gasteiger partial charge in [0, 0.05) is 8.80 Å². The van der Waals surface area contributed by atoms with Gasteiger partial charge < -0.3 is 0 Å². The van der Waals surface area contributed by atoms with Crippen molar-refractivity contribution in [2.24, 2.45) is 5.92 Å². The molecule has 1 atom stereocenters. The van der Waals surface area contributed by atoms with Crippen molar-refractivity contribution in [1.29, 1.82) is 0 Å². The molecule has 0 amide bonds. The number of hydrogen-bond donors (Lipinski definition) is 0. The van der Waals surface area contributed by atoms with E-state index in [0.717, 1.165) is 5.92 Å². The first-order chi connectivity index (χ1) is 5.18. The molecule has 1 unspecified atom stereocenters. The van der Waals surface area contributed by atoms with Crippen molar-refractivity contribution < 1.29 is 0 Å². The lowest BCUT2D eigenvalue weighted by Gasteiger charge is -1.98. The van der Waals surface area contributed by atoms with E-state index in [1.54, 1.807) is 5.57 Å². The summed E-state index contributed by atoms with van der Waals surface area (Å²) in [6, 6.07) is 0. The molecule has 0 N–H and O–H groups in total. The smallest absolute Gasteiger partial charge is 0.0274 e. The van der Waals surface area contributed by atoms with Crippen LogP contribution in [0.3, 0.4) is 0 Å². The van der Waals surface area contributed by atoms with Crippen molar-refractivity contribution in [3.63, 3.8) is 0 Å². The van der Waals surface area contributed by atoms with Gasteiger partial charge in [-0.2, -0.15) is 0 Å². The maximum Gasteiger partial charge on any atom is 0.0274 e. The highest BCUT2D eigenvalue weighted by Gasteiger charge is 2.22. The highest BCUT2D eigenvalue weighted by molar-refractivity contribution is 6.54. The van der Waals surface area contributed by atoms with Gasteiger partial charge in [0.1, 0.15) is 0 Å². The molecule has 2 aliphatic rings. The first-order valence-electron chi connectivity index (χ1n) is 4.86. The minimum Gasteiger partial charge on any atom is -0.0850 e. The molecule has 2 rings (SSSR count). The number of rotatable bonds is 0. The van der Waals surface area contributed by atoms with Gasteiger partial charge in [-0.1, -0.05) is 31.3 Å². The van der Waals surface area contributed by atoms with Crippen LogP contribution in [0.5, 0.6) is 0 Å². The molecule has 0 aliphatic heterocycles. The molecule has 0 radical (unpaired) electrons. The van der Waals surface area contributed by atoms with Gasteiger partial charge in [0.2, 0.25) is 0 Å². The third-order valence-corrected chi connectivity index (χ3v) is 2.16. The molecule has 0 aromatic rings. The quantitative estimate of drug-likeness (QED) is 0.385. The second kappa shape index (κ2) is 4.10. The van der Waals surface area contributed by atoms with E-state index in [0.29, 0.717) is 0 Å². The number of fused-ring (bicyclic) bond motifs is 2. The molecule has 1 heteroatoms. The Morgan fingerprint density at radius 2 is 2.00 bits per heavy atom. The van der Waals surface area contributed by atoms with Crippen LogP contribution in [0.15, 0.2) is 11.6 Å². The Balaban J connectivity index is 0.000000134. The fraction of sp³-hybridized carbons (Fsp3) is 0.800. The van der Waals surface area contributed by atoms with Crippen molar-refractivity contribution in [3.05, 3.63) is 11.6 Å². The highest BCUT2D eigenvalue weighted by atomic mass is 28.3. The average Bonchev–Trinajstić information content (AvgIpc) is 2.45. The van der Waals surface area contributed by atoms with E-state index in [9.17, 15) is 0 Å². The van der Waals surface area contributed by atoms with Crippen LogP contribution in [0.4, 0.5) is 0 Å². The lowest BCUT2D eigenvalue weighted by molar-refractivity contribution is 0.576. The van der Waals surface area contributed by atoms with Crippen LogP contribution in [0.1, 0.15) is 25.7 Å². The molecule has 2 aliphatic carbocycles. The summed E-state index contributed by atoms with van der Waals surface area (Å²) in [7, 11) is -0.139. The van der Waals surface area contributed by atoms with Crippen molar-refractivity contribution in [3.8, 4) is 0 Å². The molecule has 1 saturated carbocycles. The minimum atomic E-state index is -0.139. The maximum atomic E-state index is 2.42. The highest BCUT2D eigenvalue weighted by Crippen LogP contribution is 2.38. The van der Waals surface area contributed by atoms with Crippen LogP contribution in [0, 0.1) is 5.92 Å². The average molecular weight is 168 g/mol. The zero-order chi connectivity index (χ0) is 8.27. The summed E-state index contributed by atoms with van der Waals surface area (Å²) in [5, 5.41) is 0. The summed E-state index contributed by atoms with van der Waals surface area (Å²) in [5.74, 6) is 1.08. The fourth-order valence-electron chi connectivity index (χ4n) is 1.68. The first-order valence-corrected chi connectivity index (χ1v) is 8.32. The predicted molar refractivity (Wildman–Crippen MR) is 54.8 cm³/mol. The summed E-state index contributed by atoms with van der Waals surface area (Å²) < 4.78 is 0. The van der Waals surface area contributed by atoms with E-state index >= 15 is 0 Å². The summed E-state index contributed by atoms with van der Waals surface area (Å²) in [5.41, 5.74) is 1.74. The van der Waals surface area contributed by atoms with E-state index in [1.807, 2.05) is 0 Å². The molecule has 2 bridgehead atoms. The van der Waals surface area contributed by atoms with E-state index in [2.05, 4.69) is 25.7 Å². The third kappa shape index (κ3) is 3.24. The van der Waals surface area contributed by atoms with Crippen LogP contribution >= 0.6 is 0 Å². The lowest BCUT2D eigenvalue weighted by atomic mass is 10.1. The molecule has 0 aromatic carbocycles. The molecule has 0 spiro atoms. The van der Waals surface area contributed by atoms with E-state index in [4.69, 9.17) is 0 Å². The lowest BCUT2D eigenvalue weighted by Crippen LogP contribution is -1.85. The van der Waals surface area contributed by atoms with Gasteiger partial charge in [-0.15, -0.1) is 0 Å². The van der Waals surface area contributed by atoms with Crippen LogP contribution in [-0.4, -0.2) is 8.80 Å². The van der Waals surface area contributed by atoms with Gasteiger partial charge in [0.25, 0.3) is 0 Å². The molecule has 0 aromatic heterocycles. The normalized spacial score (nSPS) is 26.5. The molecule has 0 saturated heterocycles. The summed E-state index contributed by atoms with van der Waals surface area (Å²) in [6.45, 7) is 6.92.